The van der Waals surface area contributed by atoms with Gasteiger partial charge in [-0.25, -0.2) is 0 Å². The predicted molar refractivity (Wildman–Crippen MR) is 224 cm³/mol. The van der Waals surface area contributed by atoms with Gasteiger partial charge < -0.3 is 9.13 Å². The van der Waals surface area contributed by atoms with Gasteiger partial charge in [-0.3, -0.25) is 0 Å². The van der Waals surface area contributed by atoms with Crippen molar-refractivity contribution in [3.05, 3.63) is 181 Å². The average molecular weight is 681 g/mol. The number of aromatic nitrogens is 2. The topological polar surface area (TPSA) is 9.86 Å². The maximum Gasteiger partial charge on any atom is 0.0541 e. The molecule has 0 aliphatic carbocycles. The number of benzene rings is 8. The molecule has 0 N–H and O–H groups in total. The van der Waals surface area contributed by atoms with E-state index in [1.165, 1.54) is 103 Å². The first kappa shape index (κ1) is 29.3. The Balaban J connectivity index is 1.07. The first-order valence-electron chi connectivity index (χ1n) is 17.9. The van der Waals surface area contributed by atoms with Crippen LogP contribution in [-0.4, -0.2) is 9.13 Å². The van der Waals surface area contributed by atoms with Gasteiger partial charge in [0.1, 0.15) is 0 Å². The molecule has 0 unspecified atom stereocenters. The number of fused-ring (bicyclic) bond motifs is 9. The van der Waals surface area contributed by atoms with Crippen LogP contribution in [0.3, 0.4) is 0 Å². The van der Waals surface area contributed by atoms with Crippen LogP contribution >= 0.6 is 11.3 Å². The third kappa shape index (κ3) is 4.30. The lowest BCUT2D eigenvalue weighted by atomic mass is 9.97. The zero-order valence-corrected chi connectivity index (χ0v) is 29.4. The van der Waals surface area contributed by atoms with E-state index in [-0.39, 0.29) is 0 Å². The summed E-state index contributed by atoms with van der Waals surface area (Å²) in [6, 6.07) is 64.7. The highest BCUT2D eigenvalue weighted by Gasteiger charge is 2.18. The predicted octanol–water partition coefficient (Wildman–Crippen LogP) is 13.9. The monoisotopic (exact) mass is 680 g/mol. The molecule has 52 heavy (non-hydrogen) atoms. The zero-order chi connectivity index (χ0) is 34.3. The van der Waals surface area contributed by atoms with Crippen LogP contribution in [0.1, 0.15) is 5.56 Å². The van der Waals surface area contributed by atoms with E-state index in [4.69, 9.17) is 0 Å². The van der Waals surface area contributed by atoms with Crippen molar-refractivity contribution in [2.45, 2.75) is 6.92 Å². The van der Waals surface area contributed by atoms with Gasteiger partial charge in [0.25, 0.3) is 0 Å². The van der Waals surface area contributed by atoms with Crippen LogP contribution in [0.4, 0.5) is 0 Å². The summed E-state index contributed by atoms with van der Waals surface area (Å²) in [4.78, 5) is 0. The number of rotatable bonds is 4. The molecule has 11 aromatic rings. The third-order valence-corrected chi connectivity index (χ3v) is 12.1. The Kier molecular flexibility index (Phi) is 6.37. The van der Waals surface area contributed by atoms with Crippen molar-refractivity contribution in [1.29, 1.82) is 0 Å². The van der Waals surface area contributed by atoms with Crippen LogP contribution in [-0.2, 0) is 0 Å². The molecule has 0 spiro atoms. The van der Waals surface area contributed by atoms with Gasteiger partial charge in [-0.2, -0.15) is 0 Å². The van der Waals surface area contributed by atoms with Crippen molar-refractivity contribution >= 4 is 75.1 Å². The molecule has 0 saturated carbocycles. The maximum absolute atomic E-state index is 2.46. The van der Waals surface area contributed by atoms with Crippen LogP contribution in [0, 0.1) is 6.92 Å². The van der Waals surface area contributed by atoms with Crippen molar-refractivity contribution < 1.29 is 0 Å². The Labute approximate surface area is 305 Å². The third-order valence-electron chi connectivity index (χ3n) is 10.9. The van der Waals surface area contributed by atoms with Gasteiger partial charge in [-0.1, -0.05) is 103 Å². The van der Waals surface area contributed by atoms with Crippen LogP contribution in [0.5, 0.6) is 0 Å². The SMILES string of the molecule is Cc1c(-c2ccc3sc4ccccc4c3c2)cccc1-n1c2ccccc2c2cc(-c3ccc4c(c3)c3ccccc3n4-c3ccccc3)ccc21. The minimum absolute atomic E-state index is 1.18. The molecule has 0 saturated heterocycles. The summed E-state index contributed by atoms with van der Waals surface area (Å²) in [5.74, 6) is 0. The van der Waals surface area contributed by atoms with Crippen LogP contribution in [0.25, 0.3) is 97.4 Å². The molecule has 244 valence electrons. The van der Waals surface area contributed by atoms with E-state index in [2.05, 4.69) is 192 Å². The second-order valence-electron chi connectivity index (χ2n) is 13.8. The molecule has 2 nitrogen and oxygen atoms in total. The van der Waals surface area contributed by atoms with Crippen LogP contribution in [0.15, 0.2) is 176 Å². The van der Waals surface area contributed by atoms with E-state index in [0.717, 1.165) is 0 Å². The molecular weight excluding hydrogens is 649 g/mol. The molecule has 0 atom stereocenters. The maximum atomic E-state index is 2.46. The number of para-hydroxylation sites is 3. The van der Waals surface area contributed by atoms with Crippen LogP contribution in [0.2, 0.25) is 0 Å². The fourth-order valence-corrected chi connectivity index (χ4v) is 9.58. The van der Waals surface area contributed by atoms with Crippen molar-refractivity contribution in [3.63, 3.8) is 0 Å². The molecule has 3 heteroatoms. The Morgan fingerprint density at radius 2 is 0.904 bits per heavy atom. The second-order valence-corrected chi connectivity index (χ2v) is 14.8. The Morgan fingerprint density at radius 3 is 1.63 bits per heavy atom. The zero-order valence-electron chi connectivity index (χ0n) is 28.5. The normalized spacial score (nSPS) is 11.9. The molecule has 8 aromatic carbocycles. The highest BCUT2D eigenvalue weighted by Crippen LogP contribution is 2.41. The van der Waals surface area contributed by atoms with E-state index < -0.39 is 0 Å². The molecule has 0 aliphatic rings. The second kappa shape index (κ2) is 11.3. The summed E-state index contributed by atoms with van der Waals surface area (Å²) in [5, 5.41) is 7.71. The minimum atomic E-state index is 1.18. The van der Waals surface area contributed by atoms with Crippen LogP contribution < -0.4 is 0 Å². The first-order chi connectivity index (χ1) is 25.7. The molecule has 0 amide bonds. The lowest BCUT2D eigenvalue weighted by Crippen LogP contribution is -1.98. The molecule has 0 fully saturated rings. The largest absolute Gasteiger partial charge is 0.309 e. The molecule has 11 rings (SSSR count). The lowest BCUT2D eigenvalue weighted by molar-refractivity contribution is 1.15. The van der Waals surface area contributed by atoms with E-state index >= 15 is 0 Å². The van der Waals surface area contributed by atoms with Gasteiger partial charge in [0.05, 0.1) is 22.1 Å². The highest BCUT2D eigenvalue weighted by atomic mass is 32.1. The molecule has 0 bridgehead atoms. The first-order valence-corrected chi connectivity index (χ1v) is 18.7. The van der Waals surface area contributed by atoms with E-state index in [1.807, 2.05) is 11.3 Å². The summed E-state index contributed by atoms with van der Waals surface area (Å²) in [7, 11) is 0. The summed E-state index contributed by atoms with van der Waals surface area (Å²) in [6.07, 6.45) is 0. The van der Waals surface area contributed by atoms with Gasteiger partial charge in [0.2, 0.25) is 0 Å². The molecule has 0 radical (unpaired) electrons. The standard InChI is InChI=1S/C49H32N2S/c1-31-36(34-24-27-49-42(30-34)39-16-7-10-21-48(39)52-49)17-11-20-43(31)51-45-19-9-6-15-38(45)41-29-33(23-26-47(41)51)32-22-25-46-40(28-32)37-14-5-8-18-44(37)50(46)35-12-3-2-4-13-35/h2-30H,1H3. The van der Waals surface area contributed by atoms with Gasteiger partial charge in [0, 0.05) is 53.1 Å². The smallest absolute Gasteiger partial charge is 0.0541 e. The van der Waals surface area contributed by atoms with Crippen molar-refractivity contribution in [2.24, 2.45) is 0 Å². The van der Waals surface area contributed by atoms with Crippen molar-refractivity contribution in [2.75, 3.05) is 0 Å². The van der Waals surface area contributed by atoms with Crippen molar-refractivity contribution in [1.82, 2.24) is 9.13 Å². The lowest BCUT2D eigenvalue weighted by Gasteiger charge is -2.15. The Bertz CT molecular complexity index is 3190. The molecule has 3 aromatic heterocycles. The minimum Gasteiger partial charge on any atom is -0.309 e. The number of thiophene rings is 1. The Morgan fingerprint density at radius 1 is 0.365 bits per heavy atom. The molecular formula is C49H32N2S. The summed E-state index contributed by atoms with van der Waals surface area (Å²) in [5.41, 5.74) is 13.5. The fourth-order valence-electron chi connectivity index (χ4n) is 8.49. The summed E-state index contributed by atoms with van der Waals surface area (Å²) >= 11 is 1.87. The number of hydrogen-bond acceptors (Lipinski definition) is 1. The quantitative estimate of drug-likeness (QED) is 0.175. The summed E-state index contributed by atoms with van der Waals surface area (Å²) < 4.78 is 7.51. The molecule has 3 heterocycles. The molecule has 0 aliphatic heterocycles. The van der Waals surface area contributed by atoms with Gasteiger partial charge >= 0.3 is 0 Å². The summed E-state index contributed by atoms with van der Waals surface area (Å²) in [6.45, 7) is 2.27. The van der Waals surface area contributed by atoms with Gasteiger partial charge in [-0.15, -0.1) is 11.3 Å². The number of nitrogens with zero attached hydrogens (tertiary/aromatic N) is 2. The highest BCUT2D eigenvalue weighted by molar-refractivity contribution is 7.25. The van der Waals surface area contributed by atoms with E-state index in [9.17, 15) is 0 Å². The average Bonchev–Trinajstić information content (AvgIpc) is 3.85. The van der Waals surface area contributed by atoms with E-state index in [1.54, 1.807) is 0 Å². The Hall–Kier alpha value is -6.42. The van der Waals surface area contributed by atoms with E-state index in [0.29, 0.717) is 0 Å². The van der Waals surface area contributed by atoms with Crippen molar-refractivity contribution in [3.8, 4) is 33.6 Å². The number of hydrogen-bond donors (Lipinski definition) is 0. The van der Waals surface area contributed by atoms with Gasteiger partial charge in [-0.05, 0) is 108 Å². The fraction of sp³-hybridized carbons (Fsp3) is 0.0204. The van der Waals surface area contributed by atoms with Gasteiger partial charge in [0.15, 0.2) is 0 Å².